The molecule has 2 aliphatic rings. The van der Waals surface area contributed by atoms with Crippen molar-refractivity contribution < 1.29 is 0 Å². The molecule has 0 aromatic carbocycles. The van der Waals surface area contributed by atoms with Gasteiger partial charge in [-0.2, -0.15) is 18.3 Å². The lowest BCUT2D eigenvalue weighted by atomic mass is 9.82. The summed E-state index contributed by atoms with van der Waals surface area (Å²) in [7, 11) is 0. The molecular weight excluding hydrogens is 168 g/mol. The lowest BCUT2D eigenvalue weighted by Crippen LogP contribution is -2.16. The molecule has 82 valence electrons. The summed E-state index contributed by atoms with van der Waals surface area (Å²) in [6.07, 6.45) is 4.34. The van der Waals surface area contributed by atoms with E-state index in [1.165, 1.54) is 19.3 Å². The normalized spacial score (nSPS) is 42.2. The Kier molecular flexibility index (Phi) is 2.44. The molecule has 0 heterocycles. The third-order valence-corrected chi connectivity index (χ3v) is 5.37. The summed E-state index contributed by atoms with van der Waals surface area (Å²) in [5.41, 5.74) is 0.608. The monoisotopic (exact) mass is 193 g/mol. The van der Waals surface area contributed by atoms with Gasteiger partial charge in [0.25, 0.3) is 0 Å². The molecule has 0 nitrogen and oxygen atoms in total. The first kappa shape index (κ1) is 10.5. The Morgan fingerprint density at radius 1 is 1.36 bits per heavy atom. The van der Waals surface area contributed by atoms with Crippen molar-refractivity contribution in [2.45, 2.75) is 53.9 Å². The second kappa shape index (κ2) is 3.25. The molecule has 2 fully saturated rings. The standard InChI is InChI=1S/C14H25/c1-6-9(2)13-11(4)14(13,5)10(3)12-7-8-12/h9-10,12-13H,6-8H2,1-5H3/q-1. The maximum Gasteiger partial charge on any atom is -0.0408 e. The fraction of sp³-hybridized carbons (Fsp3) is 0.929. The SMILES string of the molecule is CCC(C)C1[C-](C)C1(C)C(C)C1CC1. The Morgan fingerprint density at radius 2 is 1.93 bits per heavy atom. The predicted molar refractivity (Wildman–Crippen MR) is 61.9 cm³/mol. The molecule has 2 saturated carbocycles. The summed E-state index contributed by atoms with van der Waals surface area (Å²) in [5, 5.41) is 0. The van der Waals surface area contributed by atoms with Crippen LogP contribution in [0.3, 0.4) is 0 Å². The van der Waals surface area contributed by atoms with Gasteiger partial charge in [-0.25, -0.2) is 0 Å². The molecule has 2 aliphatic carbocycles. The van der Waals surface area contributed by atoms with Crippen LogP contribution in [0, 0.1) is 35.0 Å². The van der Waals surface area contributed by atoms with Gasteiger partial charge in [0.1, 0.15) is 0 Å². The maximum absolute atomic E-state index is 2.52. The van der Waals surface area contributed by atoms with Crippen molar-refractivity contribution in [3.8, 4) is 0 Å². The molecule has 0 bridgehead atoms. The van der Waals surface area contributed by atoms with E-state index in [4.69, 9.17) is 0 Å². The minimum Gasteiger partial charge on any atom is -0.311 e. The van der Waals surface area contributed by atoms with E-state index < -0.39 is 0 Å². The highest BCUT2D eigenvalue weighted by Gasteiger charge is 2.51. The van der Waals surface area contributed by atoms with Crippen molar-refractivity contribution in [1.29, 1.82) is 0 Å². The molecule has 0 aromatic heterocycles. The van der Waals surface area contributed by atoms with E-state index >= 15 is 0 Å². The Balaban J connectivity index is 2.03. The molecule has 0 radical (unpaired) electrons. The third-order valence-electron chi connectivity index (χ3n) is 5.37. The Morgan fingerprint density at radius 3 is 2.36 bits per heavy atom. The van der Waals surface area contributed by atoms with Gasteiger partial charge < -0.3 is 5.92 Å². The number of hydrogen-bond acceptors (Lipinski definition) is 0. The first-order chi connectivity index (χ1) is 6.53. The Labute approximate surface area is 89.5 Å². The largest absolute Gasteiger partial charge is 0.311 e. The molecule has 4 atom stereocenters. The van der Waals surface area contributed by atoms with Crippen molar-refractivity contribution in [2.24, 2.45) is 29.1 Å². The van der Waals surface area contributed by atoms with Gasteiger partial charge in [0, 0.05) is 0 Å². The average molecular weight is 193 g/mol. The van der Waals surface area contributed by atoms with Crippen LogP contribution in [0.5, 0.6) is 0 Å². The van der Waals surface area contributed by atoms with Gasteiger partial charge in [0.2, 0.25) is 0 Å². The third kappa shape index (κ3) is 1.33. The lowest BCUT2D eigenvalue weighted by Gasteiger charge is -2.30. The highest BCUT2D eigenvalue weighted by atomic mass is 14.7. The van der Waals surface area contributed by atoms with Crippen LogP contribution in [0.2, 0.25) is 0 Å². The molecule has 0 amide bonds. The highest BCUT2D eigenvalue weighted by molar-refractivity contribution is 5.30. The summed E-state index contributed by atoms with van der Waals surface area (Å²) < 4.78 is 0. The Bertz CT molecular complexity index is 216. The molecule has 0 aromatic rings. The topological polar surface area (TPSA) is 0 Å². The minimum atomic E-state index is 0.608. The Hall–Kier alpha value is 0. The molecule has 2 rings (SSSR count). The number of hydrogen-bond donors (Lipinski definition) is 0. The molecule has 0 N–H and O–H groups in total. The molecular formula is C14H25-. The van der Waals surface area contributed by atoms with Crippen molar-refractivity contribution in [2.75, 3.05) is 0 Å². The molecule has 4 unspecified atom stereocenters. The predicted octanol–water partition coefficient (Wildman–Crippen LogP) is 4.31. The van der Waals surface area contributed by atoms with Crippen LogP contribution in [0.15, 0.2) is 0 Å². The van der Waals surface area contributed by atoms with Crippen molar-refractivity contribution in [1.82, 2.24) is 0 Å². The van der Waals surface area contributed by atoms with E-state index in [9.17, 15) is 0 Å². The molecule has 0 spiro atoms. The summed E-state index contributed by atoms with van der Waals surface area (Å²) in [5.74, 6) is 5.64. The molecule has 0 saturated heterocycles. The fourth-order valence-corrected chi connectivity index (χ4v) is 3.66. The van der Waals surface area contributed by atoms with Crippen molar-refractivity contribution >= 4 is 0 Å². The number of rotatable bonds is 4. The van der Waals surface area contributed by atoms with Gasteiger partial charge >= 0.3 is 0 Å². The second-order valence-corrected chi connectivity index (χ2v) is 5.96. The summed E-state index contributed by atoms with van der Waals surface area (Å²) in [6.45, 7) is 12.2. The minimum absolute atomic E-state index is 0.608. The van der Waals surface area contributed by atoms with E-state index in [1.807, 2.05) is 0 Å². The summed E-state index contributed by atoms with van der Waals surface area (Å²) >= 11 is 0. The van der Waals surface area contributed by atoms with Gasteiger partial charge in [0.05, 0.1) is 0 Å². The zero-order chi connectivity index (χ0) is 10.5. The van der Waals surface area contributed by atoms with Crippen LogP contribution in [0.1, 0.15) is 53.9 Å². The second-order valence-electron chi connectivity index (χ2n) is 5.96. The quantitative estimate of drug-likeness (QED) is 0.584. The van der Waals surface area contributed by atoms with Gasteiger partial charge in [0.15, 0.2) is 0 Å². The van der Waals surface area contributed by atoms with Gasteiger partial charge in [-0.3, -0.25) is 0 Å². The lowest BCUT2D eigenvalue weighted by molar-refractivity contribution is 0.265. The van der Waals surface area contributed by atoms with Gasteiger partial charge in [-0.15, -0.1) is 0 Å². The van der Waals surface area contributed by atoms with Crippen molar-refractivity contribution in [3.63, 3.8) is 0 Å². The van der Waals surface area contributed by atoms with E-state index in [1.54, 1.807) is 5.92 Å². The van der Waals surface area contributed by atoms with Crippen LogP contribution >= 0.6 is 0 Å². The maximum atomic E-state index is 2.52. The van der Waals surface area contributed by atoms with E-state index in [2.05, 4.69) is 34.6 Å². The van der Waals surface area contributed by atoms with Gasteiger partial charge in [-0.1, -0.05) is 46.0 Å². The van der Waals surface area contributed by atoms with E-state index in [-0.39, 0.29) is 0 Å². The summed E-state index contributed by atoms with van der Waals surface area (Å²) in [4.78, 5) is 0. The first-order valence-corrected chi connectivity index (χ1v) is 6.37. The molecule has 14 heavy (non-hydrogen) atoms. The smallest absolute Gasteiger partial charge is 0.0408 e. The van der Waals surface area contributed by atoms with Crippen LogP contribution < -0.4 is 0 Å². The first-order valence-electron chi connectivity index (χ1n) is 6.37. The zero-order valence-corrected chi connectivity index (χ0v) is 10.4. The average Bonchev–Trinajstić information content (AvgIpc) is 3.04. The summed E-state index contributed by atoms with van der Waals surface area (Å²) in [6, 6.07) is 0. The van der Waals surface area contributed by atoms with Crippen molar-refractivity contribution in [3.05, 3.63) is 5.92 Å². The van der Waals surface area contributed by atoms with E-state index in [0.29, 0.717) is 5.41 Å². The zero-order valence-electron chi connectivity index (χ0n) is 10.4. The van der Waals surface area contributed by atoms with Gasteiger partial charge in [-0.05, 0) is 18.8 Å². The molecule has 0 heteroatoms. The van der Waals surface area contributed by atoms with Crippen LogP contribution in [-0.2, 0) is 0 Å². The van der Waals surface area contributed by atoms with Crippen LogP contribution in [-0.4, -0.2) is 0 Å². The van der Waals surface area contributed by atoms with E-state index in [0.717, 1.165) is 23.7 Å². The highest BCUT2D eigenvalue weighted by Crippen LogP contribution is 2.70. The fourth-order valence-electron chi connectivity index (χ4n) is 3.66. The van der Waals surface area contributed by atoms with Crippen LogP contribution in [0.25, 0.3) is 0 Å². The molecule has 0 aliphatic heterocycles. The van der Waals surface area contributed by atoms with Crippen LogP contribution in [0.4, 0.5) is 0 Å².